The van der Waals surface area contributed by atoms with Gasteiger partial charge in [-0.3, -0.25) is 0 Å². The van der Waals surface area contributed by atoms with Crippen molar-refractivity contribution < 1.29 is 5.11 Å². The maximum Gasteiger partial charge on any atom is 0.201 e. The zero-order valence-corrected chi connectivity index (χ0v) is 8.49. The van der Waals surface area contributed by atoms with Crippen LogP contribution in [-0.4, -0.2) is 27.7 Å². The second kappa shape index (κ2) is 3.78. The zero-order chi connectivity index (χ0) is 10.8. The van der Waals surface area contributed by atoms with E-state index in [0.29, 0.717) is 11.6 Å². The number of rotatable bonds is 3. The number of hydrogen-bond acceptors (Lipinski definition) is 4. The van der Waals surface area contributed by atoms with Crippen molar-refractivity contribution in [3.05, 3.63) is 18.2 Å². The van der Waals surface area contributed by atoms with Gasteiger partial charge in [-0.1, -0.05) is 0 Å². The molecule has 1 aromatic carbocycles. The van der Waals surface area contributed by atoms with Gasteiger partial charge in [-0.25, -0.2) is 4.98 Å². The number of nitrogens with zero attached hydrogens (tertiary/aromatic N) is 1. The normalized spacial score (nSPS) is 12.9. The van der Waals surface area contributed by atoms with Crippen molar-refractivity contribution >= 4 is 22.7 Å². The largest absolute Gasteiger partial charge is 0.399 e. The Bertz CT molecular complexity index is 465. The molecule has 0 saturated heterocycles. The number of nitrogens with two attached hydrogens (primary N) is 1. The fourth-order valence-electron chi connectivity index (χ4n) is 1.37. The number of nitrogen functional groups attached to an aromatic ring is 1. The van der Waals surface area contributed by atoms with Crippen LogP contribution in [0.25, 0.3) is 11.0 Å². The number of aromatic amines is 1. The molecule has 0 saturated carbocycles. The molecule has 80 valence electrons. The Morgan fingerprint density at radius 1 is 1.60 bits per heavy atom. The monoisotopic (exact) mass is 206 g/mol. The van der Waals surface area contributed by atoms with Gasteiger partial charge in [0.1, 0.15) is 0 Å². The van der Waals surface area contributed by atoms with Crippen molar-refractivity contribution in [2.75, 3.05) is 17.7 Å². The summed E-state index contributed by atoms with van der Waals surface area (Å²) in [4.78, 5) is 7.40. The van der Waals surface area contributed by atoms with E-state index in [4.69, 9.17) is 10.8 Å². The predicted octanol–water partition coefficient (Wildman–Crippen LogP) is 0.938. The number of aliphatic hydroxyl groups excluding tert-OH is 1. The molecule has 0 aliphatic carbocycles. The lowest BCUT2D eigenvalue weighted by Crippen LogP contribution is -2.19. The van der Waals surface area contributed by atoms with E-state index in [-0.39, 0.29) is 12.6 Å². The van der Waals surface area contributed by atoms with Crippen molar-refractivity contribution in [3.63, 3.8) is 0 Å². The Labute approximate surface area is 87.3 Å². The van der Waals surface area contributed by atoms with Crippen LogP contribution in [-0.2, 0) is 0 Å². The molecule has 0 aliphatic rings. The van der Waals surface area contributed by atoms with Crippen LogP contribution in [0.4, 0.5) is 11.6 Å². The van der Waals surface area contributed by atoms with Crippen LogP contribution in [0.5, 0.6) is 0 Å². The fraction of sp³-hybridized carbons (Fsp3) is 0.300. The van der Waals surface area contributed by atoms with Gasteiger partial charge < -0.3 is 21.1 Å². The van der Waals surface area contributed by atoms with Gasteiger partial charge in [0.2, 0.25) is 5.95 Å². The lowest BCUT2D eigenvalue weighted by molar-refractivity contribution is 0.281. The van der Waals surface area contributed by atoms with Crippen LogP contribution in [0.15, 0.2) is 18.2 Å². The Hall–Kier alpha value is -1.75. The second-order valence-electron chi connectivity index (χ2n) is 3.59. The molecule has 1 aromatic heterocycles. The standard InChI is InChI=1S/C10H14N4O/c1-6(5-15)12-10-13-8-3-2-7(11)4-9(8)14-10/h2-4,6,15H,5,11H2,1H3,(H2,12,13,14). The quantitative estimate of drug-likeness (QED) is 0.563. The maximum absolute atomic E-state index is 8.89. The van der Waals surface area contributed by atoms with Gasteiger partial charge in [-0.15, -0.1) is 0 Å². The molecule has 1 atom stereocenters. The highest BCUT2D eigenvalue weighted by molar-refractivity contribution is 5.80. The molecule has 2 aromatic rings. The first kappa shape index (κ1) is 9.79. The minimum Gasteiger partial charge on any atom is -0.399 e. The minimum absolute atomic E-state index is 0.0251. The third-order valence-electron chi connectivity index (χ3n) is 2.16. The van der Waals surface area contributed by atoms with E-state index < -0.39 is 0 Å². The molecule has 1 heterocycles. The smallest absolute Gasteiger partial charge is 0.201 e. The fourth-order valence-corrected chi connectivity index (χ4v) is 1.37. The summed E-state index contributed by atoms with van der Waals surface area (Å²) >= 11 is 0. The number of anilines is 2. The molecule has 15 heavy (non-hydrogen) atoms. The highest BCUT2D eigenvalue weighted by atomic mass is 16.3. The van der Waals surface area contributed by atoms with Gasteiger partial charge in [0, 0.05) is 11.7 Å². The van der Waals surface area contributed by atoms with Crippen LogP contribution < -0.4 is 11.1 Å². The van der Waals surface area contributed by atoms with Gasteiger partial charge in [-0.2, -0.15) is 0 Å². The predicted molar refractivity (Wildman–Crippen MR) is 60.7 cm³/mol. The Balaban J connectivity index is 2.30. The van der Waals surface area contributed by atoms with E-state index >= 15 is 0 Å². The van der Waals surface area contributed by atoms with Crippen molar-refractivity contribution in [1.29, 1.82) is 0 Å². The van der Waals surface area contributed by atoms with Crippen molar-refractivity contribution in [1.82, 2.24) is 9.97 Å². The van der Waals surface area contributed by atoms with Gasteiger partial charge in [-0.05, 0) is 25.1 Å². The third-order valence-corrected chi connectivity index (χ3v) is 2.16. The molecule has 0 fully saturated rings. The van der Waals surface area contributed by atoms with Gasteiger partial charge in [0.25, 0.3) is 0 Å². The summed E-state index contributed by atoms with van der Waals surface area (Å²) in [5.41, 5.74) is 8.10. The van der Waals surface area contributed by atoms with Crippen LogP contribution in [0.3, 0.4) is 0 Å². The summed E-state index contributed by atoms with van der Waals surface area (Å²) < 4.78 is 0. The van der Waals surface area contributed by atoms with Crippen molar-refractivity contribution in [2.45, 2.75) is 13.0 Å². The molecule has 0 aliphatic heterocycles. The molecule has 0 radical (unpaired) electrons. The first-order valence-corrected chi connectivity index (χ1v) is 4.81. The molecular weight excluding hydrogens is 192 g/mol. The number of fused-ring (bicyclic) bond motifs is 1. The number of benzene rings is 1. The van der Waals surface area contributed by atoms with Gasteiger partial charge in [0.15, 0.2) is 0 Å². The van der Waals surface area contributed by atoms with E-state index in [1.54, 1.807) is 0 Å². The molecule has 0 amide bonds. The molecule has 2 rings (SSSR count). The Morgan fingerprint density at radius 3 is 3.13 bits per heavy atom. The second-order valence-corrected chi connectivity index (χ2v) is 3.59. The molecular formula is C10H14N4O. The number of aromatic nitrogens is 2. The van der Waals surface area contributed by atoms with Crippen LogP contribution in [0, 0.1) is 0 Å². The number of aliphatic hydroxyl groups is 1. The Morgan fingerprint density at radius 2 is 2.40 bits per heavy atom. The highest BCUT2D eigenvalue weighted by Gasteiger charge is 2.05. The summed E-state index contributed by atoms with van der Waals surface area (Å²) in [6.07, 6.45) is 0. The van der Waals surface area contributed by atoms with Crippen LogP contribution >= 0.6 is 0 Å². The maximum atomic E-state index is 8.89. The van der Waals surface area contributed by atoms with E-state index in [0.717, 1.165) is 11.0 Å². The topological polar surface area (TPSA) is 87.0 Å². The lowest BCUT2D eigenvalue weighted by atomic mass is 10.3. The molecule has 1 unspecified atom stereocenters. The van der Waals surface area contributed by atoms with Crippen LogP contribution in [0.1, 0.15) is 6.92 Å². The molecule has 0 spiro atoms. The highest BCUT2D eigenvalue weighted by Crippen LogP contribution is 2.17. The average Bonchev–Trinajstić information content (AvgIpc) is 2.59. The molecule has 5 heteroatoms. The Kier molecular flexibility index (Phi) is 2.47. The summed E-state index contributed by atoms with van der Waals surface area (Å²) in [5, 5.41) is 11.9. The van der Waals surface area contributed by atoms with Gasteiger partial charge in [0.05, 0.1) is 17.6 Å². The number of hydrogen-bond donors (Lipinski definition) is 4. The van der Waals surface area contributed by atoms with Crippen molar-refractivity contribution in [3.8, 4) is 0 Å². The average molecular weight is 206 g/mol. The summed E-state index contributed by atoms with van der Waals surface area (Å²) in [5.74, 6) is 0.650. The van der Waals surface area contributed by atoms with E-state index in [1.165, 1.54) is 0 Å². The molecule has 5 nitrogen and oxygen atoms in total. The van der Waals surface area contributed by atoms with E-state index in [2.05, 4.69) is 15.3 Å². The van der Waals surface area contributed by atoms with Crippen LogP contribution in [0.2, 0.25) is 0 Å². The lowest BCUT2D eigenvalue weighted by Gasteiger charge is -2.07. The number of imidazole rings is 1. The summed E-state index contributed by atoms with van der Waals surface area (Å²) in [7, 11) is 0. The number of H-pyrrole nitrogens is 1. The zero-order valence-electron chi connectivity index (χ0n) is 8.49. The van der Waals surface area contributed by atoms with E-state index in [1.807, 2.05) is 25.1 Å². The summed E-state index contributed by atoms with van der Waals surface area (Å²) in [6.45, 7) is 1.95. The SMILES string of the molecule is CC(CO)Nc1nc2ccc(N)cc2[nH]1. The number of nitrogens with one attached hydrogen (secondary N) is 2. The van der Waals surface area contributed by atoms with E-state index in [9.17, 15) is 0 Å². The van der Waals surface area contributed by atoms with Gasteiger partial charge >= 0.3 is 0 Å². The minimum atomic E-state index is -0.0251. The summed E-state index contributed by atoms with van der Waals surface area (Å²) in [6, 6.07) is 5.47. The third kappa shape index (κ3) is 2.02. The van der Waals surface area contributed by atoms with Crippen molar-refractivity contribution in [2.24, 2.45) is 0 Å². The first-order chi connectivity index (χ1) is 7.19. The first-order valence-electron chi connectivity index (χ1n) is 4.81. The molecule has 0 bridgehead atoms. The molecule has 5 N–H and O–H groups in total.